The van der Waals surface area contributed by atoms with Crippen molar-refractivity contribution in [3.05, 3.63) is 72.2 Å². The third kappa shape index (κ3) is 3.66. The standard InChI is InChI=1S/C18H14N4O2/c19-10-13-11-20-17(12-23)22-18(13)21-14-6-8-16(9-7-14)24-15-4-2-1-3-5-15/h1-9,11,23H,12H2,(H,20,21,22). The van der Waals surface area contributed by atoms with Gasteiger partial charge in [0.1, 0.15) is 29.7 Å². The van der Waals surface area contributed by atoms with E-state index in [4.69, 9.17) is 15.1 Å². The number of benzene rings is 2. The molecule has 0 aliphatic rings. The molecule has 0 aliphatic carbocycles. The highest BCUT2D eigenvalue weighted by molar-refractivity contribution is 5.62. The average molecular weight is 318 g/mol. The summed E-state index contributed by atoms with van der Waals surface area (Å²) in [6, 6.07) is 18.8. The van der Waals surface area contributed by atoms with E-state index >= 15 is 0 Å². The molecule has 2 N–H and O–H groups in total. The first kappa shape index (κ1) is 15.5. The van der Waals surface area contributed by atoms with Crippen molar-refractivity contribution in [2.45, 2.75) is 6.61 Å². The highest BCUT2D eigenvalue weighted by Crippen LogP contribution is 2.24. The predicted molar refractivity (Wildman–Crippen MR) is 88.9 cm³/mol. The van der Waals surface area contributed by atoms with Crippen molar-refractivity contribution >= 4 is 11.5 Å². The molecule has 1 aromatic heterocycles. The maximum Gasteiger partial charge on any atom is 0.156 e. The molecule has 0 bridgehead atoms. The minimum Gasteiger partial charge on any atom is -0.457 e. The first-order valence-electron chi connectivity index (χ1n) is 7.25. The molecule has 0 amide bonds. The summed E-state index contributed by atoms with van der Waals surface area (Å²) < 4.78 is 5.73. The summed E-state index contributed by atoms with van der Waals surface area (Å²) in [5, 5.41) is 21.3. The Bertz CT molecular complexity index is 858. The van der Waals surface area contributed by atoms with Crippen LogP contribution in [0.25, 0.3) is 0 Å². The van der Waals surface area contributed by atoms with Crippen molar-refractivity contribution in [3.8, 4) is 17.6 Å². The third-order valence-corrected chi connectivity index (χ3v) is 3.20. The lowest BCUT2D eigenvalue weighted by atomic mass is 10.2. The van der Waals surface area contributed by atoms with Gasteiger partial charge < -0.3 is 15.2 Å². The van der Waals surface area contributed by atoms with E-state index in [1.807, 2.05) is 60.7 Å². The Kier molecular flexibility index (Phi) is 4.65. The number of rotatable bonds is 5. The lowest BCUT2D eigenvalue weighted by Gasteiger charge is -2.09. The maximum absolute atomic E-state index is 9.12. The van der Waals surface area contributed by atoms with Crippen LogP contribution in [0.1, 0.15) is 11.4 Å². The van der Waals surface area contributed by atoms with Gasteiger partial charge in [0.2, 0.25) is 0 Å². The number of nitrogens with zero attached hydrogens (tertiary/aromatic N) is 3. The quantitative estimate of drug-likeness (QED) is 0.749. The molecule has 0 spiro atoms. The largest absolute Gasteiger partial charge is 0.457 e. The van der Waals surface area contributed by atoms with E-state index in [9.17, 15) is 0 Å². The fourth-order valence-electron chi connectivity index (χ4n) is 2.04. The van der Waals surface area contributed by atoms with Crippen LogP contribution >= 0.6 is 0 Å². The van der Waals surface area contributed by atoms with Crippen LogP contribution in [0.2, 0.25) is 0 Å². The van der Waals surface area contributed by atoms with Crippen molar-refractivity contribution in [1.29, 1.82) is 5.26 Å². The fourth-order valence-corrected chi connectivity index (χ4v) is 2.04. The van der Waals surface area contributed by atoms with Crippen molar-refractivity contribution in [3.63, 3.8) is 0 Å². The van der Waals surface area contributed by atoms with Gasteiger partial charge in [0.15, 0.2) is 11.6 Å². The molecule has 0 fully saturated rings. The molecular formula is C18H14N4O2. The molecule has 0 aliphatic heterocycles. The predicted octanol–water partition coefficient (Wildman–Crippen LogP) is 3.38. The molecule has 6 nitrogen and oxygen atoms in total. The second-order valence-corrected chi connectivity index (χ2v) is 4.88. The van der Waals surface area contributed by atoms with Gasteiger partial charge in [0.25, 0.3) is 0 Å². The minimum absolute atomic E-state index is 0.250. The molecule has 24 heavy (non-hydrogen) atoms. The van der Waals surface area contributed by atoms with Gasteiger partial charge in [-0.3, -0.25) is 0 Å². The van der Waals surface area contributed by atoms with Crippen LogP contribution in [0, 0.1) is 11.3 Å². The number of nitrogens with one attached hydrogen (secondary N) is 1. The van der Waals surface area contributed by atoms with Crippen LogP contribution in [-0.4, -0.2) is 15.1 Å². The average Bonchev–Trinajstić information content (AvgIpc) is 2.64. The molecule has 0 saturated heterocycles. The summed E-state index contributed by atoms with van der Waals surface area (Å²) in [5.74, 6) is 2.06. The highest BCUT2D eigenvalue weighted by atomic mass is 16.5. The normalized spacial score (nSPS) is 10.0. The van der Waals surface area contributed by atoms with Crippen molar-refractivity contribution < 1.29 is 9.84 Å². The molecule has 0 atom stereocenters. The second kappa shape index (κ2) is 7.22. The molecule has 3 aromatic rings. The number of para-hydroxylation sites is 1. The number of nitriles is 1. The number of aromatic nitrogens is 2. The van der Waals surface area contributed by atoms with Gasteiger partial charge in [-0.1, -0.05) is 18.2 Å². The van der Waals surface area contributed by atoms with Crippen LogP contribution in [-0.2, 0) is 6.61 Å². The molecule has 1 heterocycles. The summed E-state index contributed by atoms with van der Waals surface area (Å²) in [4.78, 5) is 8.01. The topological polar surface area (TPSA) is 91.1 Å². The smallest absolute Gasteiger partial charge is 0.156 e. The summed E-state index contributed by atoms with van der Waals surface area (Å²) in [7, 11) is 0. The van der Waals surface area contributed by atoms with Gasteiger partial charge >= 0.3 is 0 Å². The van der Waals surface area contributed by atoms with Crippen LogP contribution in [0.4, 0.5) is 11.5 Å². The zero-order chi connectivity index (χ0) is 16.8. The van der Waals surface area contributed by atoms with Gasteiger partial charge in [0.05, 0.1) is 6.20 Å². The summed E-state index contributed by atoms with van der Waals surface area (Å²) in [6.07, 6.45) is 1.38. The Morgan fingerprint density at radius 1 is 1.04 bits per heavy atom. The van der Waals surface area contributed by atoms with Crippen molar-refractivity contribution in [2.75, 3.05) is 5.32 Å². The first-order chi connectivity index (χ1) is 11.8. The van der Waals surface area contributed by atoms with Gasteiger partial charge in [-0.2, -0.15) is 5.26 Å². The minimum atomic E-state index is -0.287. The fraction of sp³-hybridized carbons (Fsp3) is 0.0556. The molecule has 118 valence electrons. The number of anilines is 2. The lowest BCUT2D eigenvalue weighted by molar-refractivity contribution is 0.271. The Labute approximate surface area is 139 Å². The van der Waals surface area contributed by atoms with Crippen LogP contribution < -0.4 is 10.1 Å². The van der Waals surface area contributed by atoms with E-state index in [2.05, 4.69) is 15.3 Å². The van der Waals surface area contributed by atoms with Gasteiger partial charge in [-0.15, -0.1) is 0 Å². The first-order valence-corrected chi connectivity index (χ1v) is 7.25. The van der Waals surface area contributed by atoms with Crippen molar-refractivity contribution in [1.82, 2.24) is 9.97 Å². The van der Waals surface area contributed by atoms with Crippen LogP contribution in [0.3, 0.4) is 0 Å². The van der Waals surface area contributed by atoms with E-state index < -0.39 is 0 Å². The highest BCUT2D eigenvalue weighted by Gasteiger charge is 2.07. The lowest BCUT2D eigenvalue weighted by Crippen LogP contribution is -2.02. The van der Waals surface area contributed by atoms with E-state index in [0.717, 1.165) is 11.4 Å². The summed E-state index contributed by atoms with van der Waals surface area (Å²) >= 11 is 0. The zero-order valence-electron chi connectivity index (χ0n) is 12.7. The van der Waals surface area contributed by atoms with E-state index in [0.29, 0.717) is 17.1 Å². The molecule has 6 heteroatoms. The molecule has 0 radical (unpaired) electrons. The molecule has 0 saturated carbocycles. The number of aliphatic hydroxyl groups excluding tert-OH is 1. The monoisotopic (exact) mass is 318 g/mol. The molecule has 0 unspecified atom stereocenters. The third-order valence-electron chi connectivity index (χ3n) is 3.20. The van der Waals surface area contributed by atoms with Crippen LogP contribution in [0.15, 0.2) is 60.8 Å². The van der Waals surface area contributed by atoms with E-state index in [1.54, 1.807) is 0 Å². The zero-order valence-corrected chi connectivity index (χ0v) is 12.7. The van der Waals surface area contributed by atoms with Gasteiger partial charge in [0, 0.05) is 5.69 Å². The van der Waals surface area contributed by atoms with Crippen LogP contribution in [0.5, 0.6) is 11.5 Å². The molecule has 2 aromatic carbocycles. The van der Waals surface area contributed by atoms with Gasteiger partial charge in [-0.05, 0) is 36.4 Å². The SMILES string of the molecule is N#Cc1cnc(CO)nc1Nc1ccc(Oc2ccccc2)cc1. The van der Waals surface area contributed by atoms with E-state index in [1.165, 1.54) is 6.20 Å². The Balaban J connectivity index is 1.76. The Hall–Kier alpha value is -3.43. The molecular weight excluding hydrogens is 304 g/mol. The van der Waals surface area contributed by atoms with Gasteiger partial charge in [-0.25, -0.2) is 9.97 Å². The number of ether oxygens (including phenoxy) is 1. The number of hydrogen-bond acceptors (Lipinski definition) is 6. The Morgan fingerprint density at radius 2 is 1.75 bits per heavy atom. The second-order valence-electron chi connectivity index (χ2n) is 4.88. The maximum atomic E-state index is 9.12. The van der Waals surface area contributed by atoms with E-state index in [-0.39, 0.29) is 12.4 Å². The number of aliphatic hydroxyl groups is 1. The summed E-state index contributed by atoms with van der Waals surface area (Å²) in [5.41, 5.74) is 1.05. The number of hydrogen-bond donors (Lipinski definition) is 2. The summed E-state index contributed by atoms with van der Waals surface area (Å²) in [6.45, 7) is -0.287. The Morgan fingerprint density at radius 3 is 2.42 bits per heavy atom. The molecule has 3 rings (SSSR count). The van der Waals surface area contributed by atoms with Crippen molar-refractivity contribution in [2.24, 2.45) is 0 Å².